The zero-order chi connectivity index (χ0) is 21.6. The zero-order valence-electron chi connectivity index (χ0n) is 17.2. The highest BCUT2D eigenvalue weighted by Gasteiger charge is 2.40. The van der Waals surface area contributed by atoms with E-state index < -0.39 is 18.2 Å². The van der Waals surface area contributed by atoms with Crippen LogP contribution in [0.15, 0.2) is 84.9 Å². The fourth-order valence-corrected chi connectivity index (χ4v) is 4.43. The average molecular weight is 409 g/mol. The molecule has 5 nitrogen and oxygen atoms in total. The Kier molecular flexibility index (Phi) is 6.29. The van der Waals surface area contributed by atoms with Gasteiger partial charge in [0, 0.05) is 18.7 Å². The number of nitriles is 2. The zero-order valence-corrected chi connectivity index (χ0v) is 17.2. The molecule has 31 heavy (non-hydrogen) atoms. The third-order valence-electron chi connectivity index (χ3n) is 5.81. The van der Waals surface area contributed by atoms with Crippen molar-refractivity contribution in [1.29, 1.82) is 10.5 Å². The topological polar surface area (TPSA) is 74.3 Å². The minimum absolute atomic E-state index is 0.166. The van der Waals surface area contributed by atoms with Gasteiger partial charge in [0.05, 0.1) is 18.3 Å². The third-order valence-corrected chi connectivity index (χ3v) is 5.81. The monoisotopic (exact) mass is 408 g/mol. The van der Waals surface area contributed by atoms with Gasteiger partial charge in [-0.25, -0.2) is 0 Å². The second kappa shape index (κ2) is 9.45. The molecule has 0 amide bonds. The summed E-state index contributed by atoms with van der Waals surface area (Å²) in [6.45, 7) is 1.38. The molecule has 0 spiro atoms. The number of nitrogens with zero attached hydrogens (tertiary/aromatic N) is 4. The van der Waals surface area contributed by atoms with E-state index in [0.717, 1.165) is 17.5 Å². The smallest absolute Gasteiger partial charge is 0.125 e. The lowest BCUT2D eigenvalue weighted by Crippen LogP contribution is -2.49. The van der Waals surface area contributed by atoms with Gasteiger partial charge in [-0.1, -0.05) is 78.9 Å². The summed E-state index contributed by atoms with van der Waals surface area (Å²) in [7, 11) is 0. The number of benzene rings is 3. The van der Waals surface area contributed by atoms with Gasteiger partial charge < -0.3 is 5.11 Å². The third kappa shape index (κ3) is 4.15. The molecular formula is C26H24N4O. The minimum Gasteiger partial charge on any atom is -0.508 e. The Morgan fingerprint density at radius 3 is 1.61 bits per heavy atom. The Morgan fingerprint density at radius 1 is 0.710 bits per heavy atom. The Hall–Kier alpha value is -3.64. The van der Waals surface area contributed by atoms with E-state index in [1.165, 1.54) is 0 Å². The number of hydrogen-bond donors (Lipinski definition) is 1. The van der Waals surface area contributed by atoms with Crippen LogP contribution in [0, 0.1) is 22.7 Å². The lowest BCUT2D eigenvalue weighted by molar-refractivity contribution is -0.0297. The Bertz CT molecular complexity index is 1020. The van der Waals surface area contributed by atoms with Crippen LogP contribution in [0.2, 0.25) is 0 Å². The molecule has 3 aromatic rings. The first-order valence-electron chi connectivity index (χ1n) is 10.4. The first-order valence-corrected chi connectivity index (χ1v) is 10.4. The molecule has 1 N–H and O–H groups in total. The predicted octanol–water partition coefficient (Wildman–Crippen LogP) is 4.93. The van der Waals surface area contributed by atoms with Crippen molar-refractivity contribution < 1.29 is 5.11 Å². The highest BCUT2D eigenvalue weighted by molar-refractivity contribution is 5.37. The van der Waals surface area contributed by atoms with Crippen LogP contribution in [-0.4, -0.2) is 28.0 Å². The van der Waals surface area contributed by atoms with E-state index in [1.54, 1.807) is 12.1 Å². The molecular weight excluding hydrogens is 384 g/mol. The summed E-state index contributed by atoms with van der Waals surface area (Å²) in [6.07, 6.45) is 0.407. The summed E-state index contributed by atoms with van der Waals surface area (Å²) in [6, 6.07) is 30.5. The van der Waals surface area contributed by atoms with Crippen LogP contribution in [-0.2, 0) is 0 Å². The van der Waals surface area contributed by atoms with Crippen molar-refractivity contribution in [2.24, 2.45) is 0 Å². The van der Waals surface area contributed by atoms with Crippen molar-refractivity contribution in [2.75, 3.05) is 13.1 Å². The van der Waals surface area contributed by atoms with Crippen LogP contribution in [0.3, 0.4) is 0 Å². The van der Waals surface area contributed by atoms with E-state index in [9.17, 15) is 15.6 Å². The van der Waals surface area contributed by atoms with Gasteiger partial charge in [0.25, 0.3) is 0 Å². The summed E-state index contributed by atoms with van der Waals surface area (Å²) in [5.74, 6) is 0.166. The molecule has 0 radical (unpaired) electrons. The highest BCUT2D eigenvalue weighted by Crippen LogP contribution is 2.42. The van der Waals surface area contributed by atoms with E-state index >= 15 is 0 Å². The average Bonchev–Trinajstić information content (AvgIpc) is 2.82. The van der Waals surface area contributed by atoms with Crippen molar-refractivity contribution in [3.8, 4) is 17.9 Å². The summed E-state index contributed by atoms with van der Waals surface area (Å²) in [5.41, 5.74) is 2.51. The summed E-state index contributed by atoms with van der Waals surface area (Å²) in [5, 5.41) is 31.0. The normalized spacial score (nSPS) is 17.4. The maximum atomic E-state index is 10.7. The fraction of sp³-hybridized carbons (Fsp3) is 0.231. The number of phenols is 1. The molecule has 0 saturated carbocycles. The van der Waals surface area contributed by atoms with Crippen LogP contribution in [0.25, 0.3) is 0 Å². The fourth-order valence-electron chi connectivity index (χ4n) is 4.43. The molecule has 0 unspecified atom stereocenters. The first-order chi connectivity index (χ1) is 15.2. The maximum Gasteiger partial charge on any atom is 0.125 e. The standard InChI is InChI=1S/C26H24N4O/c27-18-23(20-10-3-1-4-11-20)29-16-9-17-30(24(19-28)21-12-5-2-6-13-21)26(29)22-14-7-8-15-25(22)31/h1-8,10-15,23-24,26,31H,9,16-17H2/t23-,24-/m0/s1. The summed E-state index contributed by atoms with van der Waals surface area (Å²) in [4.78, 5) is 4.20. The number of aromatic hydroxyl groups is 1. The van der Waals surface area contributed by atoms with Gasteiger partial charge in [-0.15, -0.1) is 0 Å². The second-order valence-corrected chi connectivity index (χ2v) is 7.65. The first kappa shape index (κ1) is 20.6. The Morgan fingerprint density at radius 2 is 1.16 bits per heavy atom. The number of phenolic OH excluding ortho intramolecular Hbond substituents is 1. The number of para-hydroxylation sites is 1. The molecule has 2 atom stereocenters. The van der Waals surface area contributed by atoms with Crippen LogP contribution < -0.4 is 0 Å². The molecule has 0 aliphatic carbocycles. The van der Waals surface area contributed by atoms with Crippen LogP contribution in [0.1, 0.15) is 41.4 Å². The van der Waals surface area contributed by atoms with E-state index in [-0.39, 0.29) is 5.75 Å². The summed E-state index contributed by atoms with van der Waals surface area (Å²) >= 11 is 0. The SMILES string of the molecule is N#C[C@@H](c1ccccc1)N1CCCN([C@@H](C#N)c2ccccc2)C1c1ccccc1O. The molecule has 154 valence electrons. The van der Waals surface area contributed by atoms with Crippen LogP contribution >= 0.6 is 0 Å². The van der Waals surface area contributed by atoms with Crippen molar-refractivity contribution in [1.82, 2.24) is 9.80 Å². The lowest BCUT2D eigenvalue weighted by Gasteiger charge is -2.47. The molecule has 0 aromatic heterocycles. The molecule has 1 aliphatic heterocycles. The minimum atomic E-state index is -0.497. The van der Waals surface area contributed by atoms with Gasteiger partial charge in [0.1, 0.15) is 17.8 Å². The van der Waals surface area contributed by atoms with Gasteiger partial charge in [-0.3, -0.25) is 9.80 Å². The summed E-state index contributed by atoms with van der Waals surface area (Å²) < 4.78 is 0. The van der Waals surface area contributed by atoms with Crippen LogP contribution in [0.4, 0.5) is 0 Å². The molecule has 1 aliphatic rings. The molecule has 4 rings (SSSR count). The van der Waals surface area contributed by atoms with E-state index in [1.807, 2.05) is 72.8 Å². The molecule has 5 heteroatoms. The quantitative estimate of drug-likeness (QED) is 0.648. The Labute approximate surface area is 183 Å². The highest BCUT2D eigenvalue weighted by atomic mass is 16.3. The van der Waals surface area contributed by atoms with Crippen molar-refractivity contribution in [2.45, 2.75) is 24.7 Å². The molecule has 1 heterocycles. The van der Waals surface area contributed by atoms with Crippen molar-refractivity contribution >= 4 is 0 Å². The maximum absolute atomic E-state index is 10.7. The number of rotatable bonds is 5. The van der Waals surface area contributed by atoms with Crippen LogP contribution in [0.5, 0.6) is 5.75 Å². The Balaban J connectivity index is 1.82. The van der Waals surface area contributed by atoms with Gasteiger partial charge in [0.15, 0.2) is 0 Å². The van der Waals surface area contributed by atoms with E-state index in [0.29, 0.717) is 18.7 Å². The van der Waals surface area contributed by atoms with Gasteiger partial charge in [-0.2, -0.15) is 10.5 Å². The number of hydrogen-bond acceptors (Lipinski definition) is 5. The van der Waals surface area contributed by atoms with Gasteiger partial charge in [-0.05, 0) is 23.6 Å². The molecule has 3 aromatic carbocycles. The van der Waals surface area contributed by atoms with Gasteiger partial charge >= 0.3 is 0 Å². The van der Waals surface area contributed by atoms with E-state index in [2.05, 4.69) is 21.9 Å². The predicted molar refractivity (Wildman–Crippen MR) is 118 cm³/mol. The van der Waals surface area contributed by atoms with Crippen molar-refractivity contribution in [3.05, 3.63) is 102 Å². The molecule has 1 saturated heterocycles. The molecule has 1 fully saturated rings. The van der Waals surface area contributed by atoms with Crippen molar-refractivity contribution in [3.63, 3.8) is 0 Å². The van der Waals surface area contributed by atoms with Gasteiger partial charge in [0.2, 0.25) is 0 Å². The van der Waals surface area contributed by atoms with E-state index in [4.69, 9.17) is 0 Å². The second-order valence-electron chi connectivity index (χ2n) is 7.65. The largest absolute Gasteiger partial charge is 0.508 e. The molecule has 0 bridgehead atoms. The lowest BCUT2D eigenvalue weighted by atomic mass is 9.96.